The lowest BCUT2D eigenvalue weighted by atomic mass is 9.81. The normalized spacial score (nSPS) is 30.1. The summed E-state index contributed by atoms with van der Waals surface area (Å²) in [4.78, 5) is 11.1. The van der Waals surface area contributed by atoms with Gasteiger partial charge < -0.3 is 4.74 Å². The summed E-state index contributed by atoms with van der Waals surface area (Å²) in [5.41, 5.74) is 1.08. The highest BCUT2D eigenvalue weighted by Crippen LogP contribution is 2.39. The number of nitro groups is 1. The number of benzene rings is 1. The Morgan fingerprint density at radius 3 is 2.55 bits per heavy atom. The average molecular weight is 275 g/mol. The lowest BCUT2D eigenvalue weighted by molar-refractivity contribution is -0.552. The monoisotopic (exact) mass is 275 g/mol. The highest BCUT2D eigenvalue weighted by atomic mass is 16.6. The summed E-state index contributed by atoms with van der Waals surface area (Å²) in [7, 11) is 0. The van der Waals surface area contributed by atoms with E-state index in [2.05, 4.69) is 6.58 Å². The highest BCUT2D eigenvalue weighted by Gasteiger charge is 2.46. The fourth-order valence-electron chi connectivity index (χ4n) is 2.90. The van der Waals surface area contributed by atoms with Gasteiger partial charge in [0, 0.05) is 10.8 Å². The minimum atomic E-state index is -0.701. The van der Waals surface area contributed by atoms with Gasteiger partial charge in [-0.2, -0.15) is 0 Å². The fraction of sp³-hybridized carbons (Fsp3) is 0.500. The lowest BCUT2D eigenvalue weighted by Gasteiger charge is -2.38. The molecule has 0 spiro atoms. The van der Waals surface area contributed by atoms with Crippen molar-refractivity contribution in [1.82, 2.24) is 0 Å². The molecule has 0 N–H and O–H groups in total. The van der Waals surface area contributed by atoms with Gasteiger partial charge in [0.25, 0.3) is 0 Å². The molecule has 1 aliphatic heterocycles. The Morgan fingerprint density at radius 2 is 2.05 bits per heavy atom. The Bertz CT molecular complexity index is 472. The summed E-state index contributed by atoms with van der Waals surface area (Å²) < 4.78 is 6.05. The molecular formula is C16H21NO3. The van der Waals surface area contributed by atoms with Crippen molar-refractivity contribution in [1.29, 1.82) is 0 Å². The Kier molecular flexibility index (Phi) is 4.55. The van der Waals surface area contributed by atoms with E-state index in [1.807, 2.05) is 44.2 Å². The molecule has 1 fully saturated rings. The number of rotatable bonds is 4. The number of ether oxygens (including phenoxy) is 1. The second kappa shape index (κ2) is 6.18. The van der Waals surface area contributed by atoms with Crippen LogP contribution in [0.3, 0.4) is 0 Å². The van der Waals surface area contributed by atoms with E-state index in [0.29, 0.717) is 6.42 Å². The van der Waals surface area contributed by atoms with E-state index in [9.17, 15) is 10.1 Å². The zero-order valence-electron chi connectivity index (χ0n) is 11.9. The third-order valence-electron chi connectivity index (χ3n) is 3.96. The predicted molar refractivity (Wildman–Crippen MR) is 78.0 cm³/mol. The van der Waals surface area contributed by atoms with Crippen molar-refractivity contribution in [2.24, 2.45) is 11.8 Å². The first-order valence-corrected chi connectivity index (χ1v) is 7.01. The minimum absolute atomic E-state index is 0.0946. The highest BCUT2D eigenvalue weighted by molar-refractivity contribution is 5.19. The van der Waals surface area contributed by atoms with Crippen LogP contribution >= 0.6 is 0 Å². The first-order chi connectivity index (χ1) is 9.54. The first-order valence-electron chi connectivity index (χ1n) is 7.01. The number of hydrogen-bond donors (Lipinski definition) is 0. The van der Waals surface area contributed by atoms with E-state index < -0.39 is 6.04 Å². The molecule has 108 valence electrons. The third-order valence-corrected chi connectivity index (χ3v) is 3.96. The second-order valence-electron chi connectivity index (χ2n) is 5.66. The zero-order valence-corrected chi connectivity index (χ0v) is 11.9. The second-order valence-corrected chi connectivity index (χ2v) is 5.66. The maximum atomic E-state index is 11.4. The quantitative estimate of drug-likeness (QED) is 0.479. The van der Waals surface area contributed by atoms with Gasteiger partial charge in [0.05, 0.1) is 6.10 Å². The Labute approximate surface area is 119 Å². The molecule has 1 heterocycles. The van der Waals surface area contributed by atoms with Gasteiger partial charge in [-0.15, -0.1) is 6.58 Å². The smallest absolute Gasteiger partial charge is 0.245 e. The molecule has 4 atom stereocenters. The predicted octanol–water partition coefficient (Wildman–Crippen LogP) is 3.62. The molecule has 0 radical (unpaired) electrons. The van der Waals surface area contributed by atoms with Crippen LogP contribution in [0.5, 0.6) is 0 Å². The van der Waals surface area contributed by atoms with Crippen molar-refractivity contribution in [3.05, 3.63) is 58.7 Å². The zero-order chi connectivity index (χ0) is 14.7. The Balaban J connectivity index is 2.29. The largest absolute Gasteiger partial charge is 0.363 e. The van der Waals surface area contributed by atoms with Crippen LogP contribution < -0.4 is 0 Å². The lowest BCUT2D eigenvalue weighted by Crippen LogP contribution is -2.48. The molecule has 4 nitrogen and oxygen atoms in total. The average Bonchev–Trinajstić information content (AvgIpc) is 2.46. The summed E-state index contributed by atoms with van der Waals surface area (Å²) >= 11 is 0. The van der Waals surface area contributed by atoms with Crippen LogP contribution in [0.2, 0.25) is 0 Å². The van der Waals surface area contributed by atoms with E-state index in [1.54, 1.807) is 6.08 Å². The van der Waals surface area contributed by atoms with Gasteiger partial charge in [-0.3, -0.25) is 10.1 Å². The summed E-state index contributed by atoms with van der Waals surface area (Å²) in [6.45, 7) is 7.71. The third kappa shape index (κ3) is 2.90. The minimum Gasteiger partial charge on any atom is -0.363 e. The number of nitrogens with zero attached hydrogens (tertiary/aromatic N) is 1. The summed E-state index contributed by atoms with van der Waals surface area (Å²) in [5.74, 6) is -0.0595. The van der Waals surface area contributed by atoms with Gasteiger partial charge >= 0.3 is 0 Å². The molecule has 1 saturated heterocycles. The summed E-state index contributed by atoms with van der Waals surface area (Å²) in [6, 6.07) is 9.20. The Hall–Kier alpha value is -1.68. The molecule has 4 heteroatoms. The van der Waals surface area contributed by atoms with E-state index in [-0.39, 0.29) is 29.0 Å². The molecule has 0 bridgehead atoms. The van der Waals surface area contributed by atoms with Gasteiger partial charge in [-0.1, -0.05) is 50.3 Å². The molecule has 1 aliphatic rings. The van der Waals surface area contributed by atoms with Crippen molar-refractivity contribution in [3.8, 4) is 0 Å². The van der Waals surface area contributed by atoms with Crippen LogP contribution in [0.1, 0.15) is 31.9 Å². The van der Waals surface area contributed by atoms with Gasteiger partial charge in [-0.05, 0) is 17.9 Å². The van der Waals surface area contributed by atoms with E-state index in [4.69, 9.17) is 4.74 Å². The van der Waals surface area contributed by atoms with Crippen molar-refractivity contribution in [3.63, 3.8) is 0 Å². The van der Waals surface area contributed by atoms with Gasteiger partial charge in [0.2, 0.25) is 6.04 Å². The molecule has 0 saturated carbocycles. The van der Waals surface area contributed by atoms with E-state index in [0.717, 1.165) is 5.56 Å². The van der Waals surface area contributed by atoms with Crippen molar-refractivity contribution in [2.45, 2.75) is 38.5 Å². The first kappa shape index (κ1) is 14.7. The standard InChI is InChI=1S/C16H21NO3/c1-4-12-10-14(13-8-6-5-7-9-13)20-16(11(2)3)15(12)17(18)19/h4-9,11-12,14-16H,1,10H2,2-3H3/t12-,14-,15-,16+/m0/s1. The van der Waals surface area contributed by atoms with Crippen molar-refractivity contribution >= 4 is 0 Å². The van der Waals surface area contributed by atoms with E-state index in [1.165, 1.54) is 0 Å². The molecule has 0 aliphatic carbocycles. The molecule has 2 rings (SSSR count). The fourth-order valence-corrected chi connectivity index (χ4v) is 2.90. The maximum absolute atomic E-state index is 11.4. The van der Waals surface area contributed by atoms with Gasteiger partial charge in [0.15, 0.2) is 0 Å². The molecule has 0 aromatic heterocycles. The van der Waals surface area contributed by atoms with Crippen LogP contribution in [-0.4, -0.2) is 17.1 Å². The number of hydrogen-bond acceptors (Lipinski definition) is 3. The SMILES string of the molecule is C=C[C@H]1C[C@@H](c2ccccc2)O[C@H](C(C)C)[C@H]1[N+](=O)[O-]. The topological polar surface area (TPSA) is 52.4 Å². The molecule has 0 unspecified atom stereocenters. The summed E-state index contributed by atoms with van der Waals surface area (Å²) in [5, 5.41) is 11.4. The van der Waals surface area contributed by atoms with Crippen molar-refractivity contribution < 1.29 is 9.66 Å². The van der Waals surface area contributed by atoms with Crippen LogP contribution in [0.25, 0.3) is 0 Å². The van der Waals surface area contributed by atoms with Gasteiger partial charge in [0.1, 0.15) is 6.10 Å². The maximum Gasteiger partial charge on any atom is 0.245 e. The summed E-state index contributed by atoms with van der Waals surface area (Å²) in [6.07, 6.45) is 1.85. The Morgan fingerprint density at radius 1 is 1.40 bits per heavy atom. The van der Waals surface area contributed by atoms with Crippen LogP contribution in [0, 0.1) is 22.0 Å². The molecule has 20 heavy (non-hydrogen) atoms. The molecule has 0 amide bonds. The molecular weight excluding hydrogens is 254 g/mol. The van der Waals surface area contributed by atoms with Gasteiger partial charge in [-0.25, -0.2) is 0 Å². The van der Waals surface area contributed by atoms with Crippen LogP contribution in [0.4, 0.5) is 0 Å². The van der Waals surface area contributed by atoms with Crippen LogP contribution in [-0.2, 0) is 4.74 Å². The van der Waals surface area contributed by atoms with E-state index >= 15 is 0 Å². The molecule has 1 aromatic rings. The van der Waals surface area contributed by atoms with Crippen LogP contribution in [0.15, 0.2) is 43.0 Å². The molecule has 1 aromatic carbocycles. The van der Waals surface area contributed by atoms with Crippen molar-refractivity contribution in [2.75, 3.05) is 0 Å².